The van der Waals surface area contributed by atoms with Crippen molar-refractivity contribution < 1.29 is 14.6 Å². The Kier molecular flexibility index (Phi) is 7.17. The van der Waals surface area contributed by atoms with E-state index in [1.165, 1.54) is 0 Å². The van der Waals surface area contributed by atoms with Crippen LogP contribution in [0.25, 0.3) is 0 Å². The maximum Gasteiger partial charge on any atom is 0.171 e. The summed E-state index contributed by atoms with van der Waals surface area (Å²) in [6, 6.07) is 0.393. The number of methoxy groups -OCH3 is 2. The van der Waals surface area contributed by atoms with Crippen molar-refractivity contribution in [2.45, 2.75) is 38.6 Å². The van der Waals surface area contributed by atoms with Gasteiger partial charge in [-0.25, -0.2) is 0 Å². The summed E-state index contributed by atoms with van der Waals surface area (Å²) in [6.07, 6.45) is 0.506. The molecule has 0 aromatic rings. The van der Waals surface area contributed by atoms with Gasteiger partial charge in [0.1, 0.15) is 0 Å². The van der Waals surface area contributed by atoms with Crippen molar-refractivity contribution >= 4 is 0 Å². The summed E-state index contributed by atoms with van der Waals surface area (Å²) < 4.78 is 10.2. The number of aliphatic hydroxyl groups excluding tert-OH is 1. The molecule has 0 rings (SSSR count). The van der Waals surface area contributed by atoms with E-state index in [4.69, 9.17) is 14.6 Å². The number of aliphatic hydroxyl groups is 1. The van der Waals surface area contributed by atoms with Crippen molar-refractivity contribution in [3.05, 3.63) is 0 Å². The highest BCUT2D eigenvalue weighted by atomic mass is 16.7. The Morgan fingerprint density at radius 1 is 1.23 bits per heavy atom. The van der Waals surface area contributed by atoms with Gasteiger partial charge < -0.3 is 19.9 Å². The summed E-state index contributed by atoms with van der Waals surface area (Å²) in [4.78, 5) is 0. The summed E-state index contributed by atoms with van der Waals surface area (Å²) in [6.45, 7) is 4.21. The topological polar surface area (TPSA) is 50.7 Å². The minimum Gasteiger partial charge on any atom is -0.396 e. The summed E-state index contributed by atoms with van der Waals surface area (Å²) in [5.41, 5.74) is 0. The van der Waals surface area contributed by atoms with Crippen LogP contribution in [0.5, 0.6) is 0 Å². The van der Waals surface area contributed by atoms with E-state index in [1.54, 1.807) is 14.2 Å². The first-order chi connectivity index (χ1) is 6.15. The summed E-state index contributed by atoms with van der Waals surface area (Å²) in [5, 5.41) is 12.0. The zero-order chi connectivity index (χ0) is 10.3. The molecule has 0 saturated heterocycles. The highest BCUT2D eigenvalue weighted by molar-refractivity contribution is 4.69. The molecule has 0 aliphatic carbocycles. The Morgan fingerprint density at radius 3 is 2.15 bits per heavy atom. The van der Waals surface area contributed by atoms with Crippen molar-refractivity contribution in [3.8, 4) is 0 Å². The Balaban J connectivity index is 3.75. The van der Waals surface area contributed by atoms with E-state index >= 15 is 0 Å². The lowest BCUT2D eigenvalue weighted by Crippen LogP contribution is -2.44. The first-order valence-corrected chi connectivity index (χ1v) is 4.58. The van der Waals surface area contributed by atoms with Crippen molar-refractivity contribution in [1.29, 1.82) is 0 Å². The van der Waals surface area contributed by atoms with Gasteiger partial charge in [-0.3, -0.25) is 0 Å². The predicted octanol–water partition coefficient (Wildman–Crippen LogP) is 0.354. The Hall–Kier alpha value is -0.160. The van der Waals surface area contributed by atoms with Crippen molar-refractivity contribution in [2.24, 2.45) is 0 Å². The second-order valence-corrected chi connectivity index (χ2v) is 3.21. The number of rotatable bonds is 7. The second-order valence-electron chi connectivity index (χ2n) is 3.21. The van der Waals surface area contributed by atoms with Crippen LogP contribution in [0.15, 0.2) is 0 Å². The molecule has 0 aromatic carbocycles. The first-order valence-electron chi connectivity index (χ1n) is 4.58. The van der Waals surface area contributed by atoms with Crippen molar-refractivity contribution in [3.63, 3.8) is 0 Å². The number of nitrogens with one attached hydrogen (secondary N) is 1. The molecule has 0 radical (unpaired) electrons. The van der Waals surface area contributed by atoms with Gasteiger partial charge in [-0.15, -0.1) is 0 Å². The van der Waals surface area contributed by atoms with Gasteiger partial charge in [0.15, 0.2) is 6.29 Å². The molecule has 2 unspecified atom stereocenters. The molecule has 80 valence electrons. The highest BCUT2D eigenvalue weighted by Gasteiger charge is 2.16. The van der Waals surface area contributed by atoms with E-state index in [0.29, 0.717) is 0 Å². The average molecular weight is 191 g/mol. The maximum absolute atomic E-state index is 8.70. The molecule has 13 heavy (non-hydrogen) atoms. The van der Waals surface area contributed by atoms with E-state index in [2.05, 4.69) is 5.32 Å². The molecule has 2 N–H and O–H groups in total. The van der Waals surface area contributed by atoms with Gasteiger partial charge in [0, 0.05) is 26.9 Å². The van der Waals surface area contributed by atoms with Gasteiger partial charge in [0.05, 0.1) is 6.04 Å². The van der Waals surface area contributed by atoms with Crippen LogP contribution in [0.1, 0.15) is 20.3 Å². The van der Waals surface area contributed by atoms with Gasteiger partial charge in [-0.2, -0.15) is 0 Å². The third kappa shape index (κ3) is 5.21. The molecule has 0 aromatic heterocycles. The zero-order valence-corrected chi connectivity index (χ0v) is 8.91. The number of hydrogen-bond acceptors (Lipinski definition) is 4. The normalized spacial score (nSPS) is 16.2. The molecule has 0 saturated carbocycles. The quantitative estimate of drug-likeness (QED) is 0.570. The Labute approximate surface area is 80.2 Å². The van der Waals surface area contributed by atoms with Crippen LogP contribution in [0.2, 0.25) is 0 Å². The lowest BCUT2D eigenvalue weighted by Gasteiger charge is -2.25. The average Bonchev–Trinajstić information content (AvgIpc) is 2.06. The molecule has 4 heteroatoms. The molecule has 0 bridgehead atoms. The van der Waals surface area contributed by atoms with Crippen LogP contribution in [0, 0.1) is 0 Å². The SMILES string of the molecule is COC(OC)C(C)NC(C)CCO. The van der Waals surface area contributed by atoms with Crippen LogP contribution in [-0.4, -0.2) is 44.3 Å². The molecule has 4 nitrogen and oxygen atoms in total. The molecule has 2 atom stereocenters. The fourth-order valence-corrected chi connectivity index (χ4v) is 1.31. The Morgan fingerprint density at radius 2 is 1.77 bits per heavy atom. The van der Waals surface area contributed by atoms with Gasteiger partial charge in [-0.05, 0) is 20.3 Å². The molecule has 0 heterocycles. The van der Waals surface area contributed by atoms with Gasteiger partial charge in [0.25, 0.3) is 0 Å². The van der Waals surface area contributed by atoms with Crippen LogP contribution in [-0.2, 0) is 9.47 Å². The van der Waals surface area contributed by atoms with E-state index in [-0.39, 0.29) is 25.0 Å². The molecular formula is C9H21NO3. The highest BCUT2D eigenvalue weighted by Crippen LogP contribution is 2.01. The van der Waals surface area contributed by atoms with E-state index < -0.39 is 0 Å². The predicted molar refractivity (Wildman–Crippen MR) is 51.6 cm³/mol. The second kappa shape index (κ2) is 7.26. The maximum atomic E-state index is 8.70. The van der Waals surface area contributed by atoms with Crippen molar-refractivity contribution in [1.82, 2.24) is 5.32 Å². The zero-order valence-electron chi connectivity index (χ0n) is 8.91. The molecule has 0 spiro atoms. The van der Waals surface area contributed by atoms with Crippen LogP contribution in [0.4, 0.5) is 0 Å². The lowest BCUT2D eigenvalue weighted by atomic mass is 10.2. The third-order valence-corrected chi connectivity index (χ3v) is 1.98. The van der Waals surface area contributed by atoms with Crippen molar-refractivity contribution in [2.75, 3.05) is 20.8 Å². The third-order valence-electron chi connectivity index (χ3n) is 1.98. The summed E-state index contributed by atoms with van der Waals surface area (Å²) in [5.74, 6) is 0. The first kappa shape index (κ1) is 12.8. The van der Waals surface area contributed by atoms with Crippen LogP contribution < -0.4 is 5.32 Å². The van der Waals surface area contributed by atoms with Gasteiger partial charge >= 0.3 is 0 Å². The number of ether oxygens (including phenoxy) is 2. The molecule has 0 aliphatic rings. The Bertz CT molecular complexity index is 117. The van der Waals surface area contributed by atoms with Gasteiger partial charge in [-0.1, -0.05) is 0 Å². The molecule has 0 fully saturated rings. The minimum absolute atomic E-state index is 0.122. The monoisotopic (exact) mass is 191 g/mol. The van der Waals surface area contributed by atoms with E-state index in [0.717, 1.165) is 6.42 Å². The van der Waals surface area contributed by atoms with Crippen LogP contribution in [0.3, 0.4) is 0 Å². The fourth-order valence-electron chi connectivity index (χ4n) is 1.31. The molecular weight excluding hydrogens is 170 g/mol. The minimum atomic E-state index is -0.235. The molecule has 0 aliphatic heterocycles. The summed E-state index contributed by atoms with van der Waals surface area (Å²) >= 11 is 0. The number of hydrogen-bond donors (Lipinski definition) is 2. The smallest absolute Gasteiger partial charge is 0.171 e. The summed E-state index contributed by atoms with van der Waals surface area (Å²) in [7, 11) is 3.23. The fraction of sp³-hybridized carbons (Fsp3) is 1.00. The van der Waals surface area contributed by atoms with Crippen LogP contribution >= 0.6 is 0 Å². The molecule has 0 amide bonds. The van der Waals surface area contributed by atoms with E-state index in [1.807, 2.05) is 13.8 Å². The standard InChI is InChI=1S/C9H21NO3/c1-7(5-6-11)10-8(2)9(12-3)13-4/h7-11H,5-6H2,1-4H3. The van der Waals surface area contributed by atoms with Gasteiger partial charge in [0.2, 0.25) is 0 Å². The largest absolute Gasteiger partial charge is 0.396 e. The lowest BCUT2D eigenvalue weighted by molar-refractivity contribution is -0.120. The van der Waals surface area contributed by atoms with E-state index in [9.17, 15) is 0 Å².